The van der Waals surface area contributed by atoms with E-state index in [-0.39, 0.29) is 11.5 Å². The lowest BCUT2D eigenvalue weighted by atomic mass is 10.0. The second-order valence-corrected chi connectivity index (χ2v) is 7.87. The quantitative estimate of drug-likeness (QED) is 0.132. The third-order valence-corrected chi connectivity index (χ3v) is 8.45. The highest BCUT2D eigenvalue weighted by atomic mass is 127. The Hall–Kier alpha value is 0.480. The van der Waals surface area contributed by atoms with Crippen molar-refractivity contribution in [2.24, 2.45) is 0 Å². The van der Waals surface area contributed by atoms with E-state index in [0.717, 1.165) is 25.5 Å². The van der Waals surface area contributed by atoms with Crippen LogP contribution >= 0.6 is 67.8 Å². The number of aromatic hydroxyl groups is 1. The van der Waals surface area contributed by atoms with Crippen LogP contribution in [0.1, 0.15) is 44.6 Å². The summed E-state index contributed by atoms with van der Waals surface area (Å²) in [6.45, 7) is 2.17. The van der Waals surface area contributed by atoms with Gasteiger partial charge in [0, 0.05) is 12.7 Å². The molecule has 0 aliphatic heterocycles. The van der Waals surface area contributed by atoms with Crippen molar-refractivity contribution in [1.29, 1.82) is 0 Å². The Morgan fingerprint density at radius 1 is 1.05 bits per heavy atom. The molecule has 2 N–H and O–H groups in total. The first kappa shape index (κ1) is 19.5. The Labute approximate surface area is 165 Å². The van der Waals surface area contributed by atoms with Crippen LogP contribution < -0.4 is 4.74 Å². The lowest BCUT2D eigenvalue weighted by molar-refractivity contribution is 0.142. The van der Waals surface area contributed by atoms with Crippen molar-refractivity contribution < 1.29 is 19.7 Å². The van der Waals surface area contributed by atoms with E-state index in [2.05, 4.69) is 52.1 Å². The fraction of sp³-hybridized carbons (Fsp3) is 0.500. The molecule has 0 fully saturated rings. The average molecular weight is 630 g/mol. The van der Waals surface area contributed by atoms with Gasteiger partial charge in [-0.2, -0.15) is 0 Å². The molecule has 0 atom stereocenters. The Balaban J connectivity index is 3.01. The summed E-state index contributed by atoms with van der Waals surface area (Å²) < 4.78 is 7.35. The summed E-state index contributed by atoms with van der Waals surface area (Å²) in [5.74, 6) is 0.0126. The minimum absolute atomic E-state index is 0.0774. The number of carbonyl (C=O) groups is 1. The van der Waals surface area contributed by atoms with Crippen LogP contribution in [0.25, 0.3) is 0 Å². The summed E-state index contributed by atoms with van der Waals surface area (Å²) in [5, 5.41) is 19.0. The lowest BCUT2D eigenvalue weighted by Crippen LogP contribution is -2.09. The van der Waals surface area contributed by atoms with Gasteiger partial charge in [-0.3, -0.25) is 0 Å². The van der Waals surface area contributed by atoms with Gasteiger partial charge in [-0.25, -0.2) is 4.79 Å². The van der Waals surface area contributed by atoms with Gasteiger partial charge in [0.1, 0.15) is 0 Å². The molecular weight excluding hydrogens is 613 g/mol. The molecule has 1 aromatic carbocycles. The van der Waals surface area contributed by atoms with Crippen LogP contribution in [-0.4, -0.2) is 16.4 Å². The predicted molar refractivity (Wildman–Crippen MR) is 107 cm³/mol. The van der Waals surface area contributed by atoms with Crippen LogP contribution in [0, 0.1) is 10.7 Å². The highest BCUT2D eigenvalue weighted by Gasteiger charge is 2.22. The van der Waals surface area contributed by atoms with E-state index in [9.17, 15) is 9.90 Å². The van der Waals surface area contributed by atoms with E-state index in [1.165, 1.54) is 19.3 Å². The molecule has 0 radical (unpaired) electrons. The summed E-state index contributed by atoms with van der Waals surface area (Å²) in [4.78, 5) is 10.9. The van der Waals surface area contributed by atoms with Crippen molar-refractivity contribution in [2.45, 2.75) is 45.4 Å². The van der Waals surface area contributed by atoms with Gasteiger partial charge in [-0.15, -0.1) is 0 Å². The van der Waals surface area contributed by atoms with Crippen molar-refractivity contribution in [3.05, 3.63) is 16.3 Å². The second-order valence-electron chi connectivity index (χ2n) is 4.63. The maximum absolute atomic E-state index is 10.9. The molecule has 0 aliphatic carbocycles. The first-order chi connectivity index (χ1) is 9.90. The monoisotopic (exact) mass is 630 g/mol. The van der Waals surface area contributed by atoms with E-state index >= 15 is 0 Å². The summed E-state index contributed by atoms with van der Waals surface area (Å²) in [6, 6.07) is 0. The summed E-state index contributed by atoms with van der Waals surface area (Å²) in [7, 11) is 0. The van der Waals surface area contributed by atoms with E-state index in [1.54, 1.807) is 0 Å². The number of rotatable bonds is 7. The molecule has 21 heavy (non-hydrogen) atoms. The first-order valence-electron chi connectivity index (χ1n) is 6.69. The third-order valence-electron chi connectivity index (χ3n) is 3.07. The summed E-state index contributed by atoms with van der Waals surface area (Å²) >= 11 is 6.36. The Kier molecular flexibility index (Phi) is 8.91. The van der Waals surface area contributed by atoms with Gasteiger partial charge in [-0.05, 0) is 80.6 Å². The van der Waals surface area contributed by atoms with E-state index in [1.807, 2.05) is 22.6 Å². The summed E-state index contributed by atoms with van der Waals surface area (Å²) in [5.41, 5.74) is 0.789. The maximum atomic E-state index is 10.9. The van der Waals surface area contributed by atoms with Crippen LogP contribution in [0.4, 0.5) is 4.79 Å². The van der Waals surface area contributed by atoms with Crippen LogP contribution in [0.2, 0.25) is 0 Å². The van der Waals surface area contributed by atoms with Crippen molar-refractivity contribution in [2.75, 3.05) is 0 Å². The highest BCUT2D eigenvalue weighted by molar-refractivity contribution is 14.1. The van der Waals surface area contributed by atoms with Crippen molar-refractivity contribution >= 4 is 73.9 Å². The van der Waals surface area contributed by atoms with Crippen molar-refractivity contribution in [3.63, 3.8) is 0 Å². The zero-order valence-electron chi connectivity index (χ0n) is 11.6. The molecule has 4 nitrogen and oxygen atoms in total. The Morgan fingerprint density at radius 3 is 2.24 bits per heavy atom. The lowest BCUT2D eigenvalue weighted by Gasteiger charge is -2.15. The van der Waals surface area contributed by atoms with E-state index in [4.69, 9.17) is 9.84 Å². The van der Waals surface area contributed by atoms with Crippen LogP contribution in [0.15, 0.2) is 0 Å². The number of phenolic OH excluding ortho intramolecular Hbond substituents is 1. The number of ether oxygens (including phenoxy) is 1. The Bertz CT molecular complexity index is 518. The van der Waals surface area contributed by atoms with Gasteiger partial charge in [0.15, 0.2) is 11.5 Å². The molecule has 7 heteroatoms. The predicted octanol–water partition coefficient (Wildman–Crippen LogP) is 5.78. The molecule has 0 aromatic heterocycles. The van der Waals surface area contributed by atoms with Crippen molar-refractivity contribution in [1.82, 2.24) is 0 Å². The van der Waals surface area contributed by atoms with Crippen LogP contribution in [-0.2, 0) is 6.42 Å². The largest absolute Gasteiger partial charge is 0.511 e. The van der Waals surface area contributed by atoms with Crippen LogP contribution in [0.3, 0.4) is 0 Å². The summed E-state index contributed by atoms with van der Waals surface area (Å²) in [6.07, 6.45) is 4.95. The average Bonchev–Trinajstić information content (AvgIpc) is 2.44. The molecule has 1 aromatic rings. The normalized spacial score (nSPS) is 10.7. The fourth-order valence-electron chi connectivity index (χ4n) is 2.00. The van der Waals surface area contributed by atoms with Gasteiger partial charge in [-0.1, -0.05) is 32.6 Å². The zero-order chi connectivity index (χ0) is 16.0. The number of halogens is 3. The number of phenols is 1. The smallest absolute Gasteiger partial charge is 0.503 e. The zero-order valence-corrected chi connectivity index (χ0v) is 18.1. The first-order valence-corrected chi connectivity index (χ1v) is 9.92. The van der Waals surface area contributed by atoms with Gasteiger partial charge in [0.2, 0.25) is 0 Å². The fourth-order valence-corrected chi connectivity index (χ4v) is 4.40. The van der Waals surface area contributed by atoms with Crippen LogP contribution in [0.5, 0.6) is 11.5 Å². The Morgan fingerprint density at radius 2 is 1.67 bits per heavy atom. The van der Waals surface area contributed by atoms with E-state index < -0.39 is 6.16 Å². The molecule has 0 unspecified atom stereocenters. The third kappa shape index (κ3) is 5.56. The minimum atomic E-state index is -1.40. The molecule has 1 rings (SSSR count). The number of hydrogen-bond donors (Lipinski definition) is 2. The standard InChI is InChI=1S/C14H17I3O4/c1-2-3-4-5-6-7-8-9(15)10(16)11(17)12(18)13(8)21-14(19)20/h18H,2-7H2,1H3,(H,19,20). The second kappa shape index (κ2) is 9.58. The molecule has 0 aliphatic rings. The molecule has 118 valence electrons. The van der Waals surface area contributed by atoms with Gasteiger partial charge >= 0.3 is 6.16 Å². The maximum Gasteiger partial charge on any atom is 0.511 e. The SMILES string of the molecule is CCCCCCCc1c(I)c(I)c(I)c(O)c1OC(=O)O. The number of hydrogen-bond acceptors (Lipinski definition) is 3. The van der Waals surface area contributed by atoms with E-state index in [0.29, 0.717) is 9.99 Å². The molecule has 0 bridgehead atoms. The topological polar surface area (TPSA) is 66.8 Å². The molecule has 0 amide bonds. The molecule has 0 saturated carbocycles. The number of carboxylic acid groups (broad SMARTS) is 1. The minimum Gasteiger partial charge on any atom is -0.503 e. The highest BCUT2D eigenvalue weighted by Crippen LogP contribution is 2.42. The van der Waals surface area contributed by atoms with Gasteiger partial charge < -0.3 is 14.9 Å². The molecule has 0 spiro atoms. The molecular formula is C14H17I3O4. The van der Waals surface area contributed by atoms with Crippen molar-refractivity contribution in [3.8, 4) is 11.5 Å². The van der Waals surface area contributed by atoms with Gasteiger partial charge in [0.05, 0.1) is 3.57 Å². The molecule has 0 saturated heterocycles. The number of benzene rings is 1. The number of unbranched alkanes of at least 4 members (excludes halogenated alkanes) is 4. The molecule has 0 heterocycles. The van der Waals surface area contributed by atoms with Gasteiger partial charge in [0.25, 0.3) is 0 Å².